The number of rotatable bonds is 3. The molecule has 0 radical (unpaired) electrons. The van der Waals surface area contributed by atoms with Gasteiger partial charge in [0.1, 0.15) is 0 Å². The molecule has 1 aromatic heterocycles. The molecule has 8 nitrogen and oxygen atoms in total. The first-order valence-electron chi connectivity index (χ1n) is 6.63. The fraction of sp³-hybridized carbons (Fsp3) is 0.667. The van der Waals surface area contributed by atoms with Gasteiger partial charge in [-0.15, -0.1) is 0 Å². The number of nitrogens with zero attached hydrogens (tertiary/aromatic N) is 4. The molecule has 0 spiro atoms. The first-order chi connectivity index (χ1) is 9.70. The van der Waals surface area contributed by atoms with E-state index in [-0.39, 0.29) is 11.2 Å². The van der Waals surface area contributed by atoms with Crippen LogP contribution in [0.25, 0.3) is 0 Å². The Morgan fingerprint density at radius 2 is 1.62 bits per heavy atom. The van der Waals surface area contributed by atoms with E-state index in [4.69, 9.17) is 0 Å². The summed E-state index contributed by atoms with van der Waals surface area (Å²) in [7, 11) is -0.0787. The molecule has 2 rings (SSSR count). The van der Waals surface area contributed by atoms with Gasteiger partial charge in [-0.3, -0.25) is 18.8 Å². The van der Waals surface area contributed by atoms with Gasteiger partial charge in [0.15, 0.2) is 0 Å². The maximum Gasteiger partial charge on any atom is 0.330 e. The highest BCUT2D eigenvalue weighted by molar-refractivity contribution is 7.88. The van der Waals surface area contributed by atoms with Crippen LogP contribution >= 0.6 is 0 Å². The zero-order chi connectivity index (χ0) is 15.8. The molecule has 0 bridgehead atoms. The molecule has 1 aromatic rings. The lowest BCUT2D eigenvalue weighted by Crippen LogP contribution is -2.48. The third-order valence-electron chi connectivity index (χ3n) is 3.81. The number of piperazine rings is 1. The minimum absolute atomic E-state index is 0.331. The van der Waals surface area contributed by atoms with Crippen molar-refractivity contribution < 1.29 is 8.42 Å². The smallest absolute Gasteiger partial charge is 0.299 e. The van der Waals surface area contributed by atoms with Gasteiger partial charge in [0.25, 0.3) is 5.56 Å². The zero-order valence-corrected chi connectivity index (χ0v) is 13.3. The second-order valence-corrected chi connectivity index (χ2v) is 7.30. The topological polar surface area (TPSA) is 84.6 Å². The number of hydrogen-bond donors (Lipinski definition) is 0. The molecule has 0 unspecified atom stereocenters. The van der Waals surface area contributed by atoms with Crippen LogP contribution in [0.2, 0.25) is 0 Å². The average Bonchev–Trinajstić information content (AvgIpc) is 2.42. The number of aromatic nitrogens is 2. The minimum Gasteiger partial charge on any atom is -0.299 e. The lowest BCUT2D eigenvalue weighted by atomic mass is 10.3. The van der Waals surface area contributed by atoms with Gasteiger partial charge in [-0.1, -0.05) is 0 Å². The molecule has 0 saturated carbocycles. The predicted molar refractivity (Wildman–Crippen MR) is 78.6 cm³/mol. The summed E-state index contributed by atoms with van der Waals surface area (Å²) < 4.78 is 26.8. The Balaban J connectivity index is 2.12. The highest BCUT2D eigenvalue weighted by Gasteiger charge is 2.23. The standard InChI is InChI=1S/C12H20N4O4S/c1-13-10(8-11(17)14(2)12(13)18)9-15-4-6-16(7-5-15)21(3,19)20/h8H,4-7,9H2,1-3H3. The highest BCUT2D eigenvalue weighted by Crippen LogP contribution is 2.08. The fourth-order valence-electron chi connectivity index (χ4n) is 2.38. The Morgan fingerprint density at radius 1 is 1.05 bits per heavy atom. The summed E-state index contributed by atoms with van der Waals surface area (Å²) in [5.41, 5.74) is -0.0500. The van der Waals surface area contributed by atoms with Crippen molar-refractivity contribution in [3.63, 3.8) is 0 Å². The van der Waals surface area contributed by atoms with Gasteiger partial charge in [0.2, 0.25) is 10.0 Å². The van der Waals surface area contributed by atoms with Crippen molar-refractivity contribution >= 4 is 10.0 Å². The minimum atomic E-state index is -3.15. The number of sulfonamides is 1. The van der Waals surface area contributed by atoms with Crippen LogP contribution < -0.4 is 11.2 Å². The molecule has 0 aliphatic carbocycles. The summed E-state index contributed by atoms with van der Waals surface area (Å²) in [6.45, 7) is 2.47. The molecular formula is C12H20N4O4S. The largest absolute Gasteiger partial charge is 0.330 e. The molecule has 9 heteroatoms. The van der Waals surface area contributed by atoms with Gasteiger partial charge in [-0.2, -0.15) is 4.31 Å². The molecule has 2 heterocycles. The first kappa shape index (κ1) is 15.9. The summed E-state index contributed by atoms with van der Waals surface area (Å²) in [5, 5.41) is 0. The van der Waals surface area contributed by atoms with Crippen LogP contribution in [0.3, 0.4) is 0 Å². The van der Waals surface area contributed by atoms with Gasteiger partial charge in [0.05, 0.1) is 6.26 Å². The maximum absolute atomic E-state index is 11.9. The van der Waals surface area contributed by atoms with Gasteiger partial charge in [-0.05, 0) is 0 Å². The molecule has 1 fully saturated rings. The lowest BCUT2D eigenvalue weighted by molar-refractivity contribution is 0.178. The third-order valence-corrected chi connectivity index (χ3v) is 5.11. The van der Waals surface area contributed by atoms with Gasteiger partial charge >= 0.3 is 5.69 Å². The van der Waals surface area contributed by atoms with Crippen LogP contribution in [0.5, 0.6) is 0 Å². The van der Waals surface area contributed by atoms with Gasteiger partial charge < -0.3 is 0 Å². The molecule has 1 saturated heterocycles. The van der Waals surface area contributed by atoms with Crippen molar-refractivity contribution in [2.24, 2.45) is 14.1 Å². The van der Waals surface area contributed by atoms with E-state index >= 15 is 0 Å². The van der Waals surface area contributed by atoms with E-state index in [0.29, 0.717) is 38.4 Å². The second kappa shape index (κ2) is 5.74. The Morgan fingerprint density at radius 3 is 2.14 bits per heavy atom. The predicted octanol–water partition coefficient (Wildman–Crippen LogP) is -1.84. The van der Waals surface area contributed by atoms with Crippen LogP contribution in [0, 0.1) is 0 Å². The van der Waals surface area contributed by atoms with Crippen molar-refractivity contribution in [1.82, 2.24) is 18.3 Å². The van der Waals surface area contributed by atoms with E-state index in [2.05, 4.69) is 0 Å². The van der Waals surface area contributed by atoms with Crippen LogP contribution in [0.15, 0.2) is 15.7 Å². The third kappa shape index (κ3) is 3.42. The Bertz CT molecular complexity index is 742. The second-order valence-electron chi connectivity index (χ2n) is 5.31. The summed E-state index contributed by atoms with van der Waals surface area (Å²) in [6.07, 6.45) is 1.20. The van der Waals surface area contributed by atoms with Crippen molar-refractivity contribution in [1.29, 1.82) is 0 Å². The summed E-state index contributed by atoms with van der Waals surface area (Å²) in [5.74, 6) is 0. The van der Waals surface area contributed by atoms with Crippen molar-refractivity contribution in [2.45, 2.75) is 6.54 Å². The molecule has 0 aromatic carbocycles. The van der Waals surface area contributed by atoms with Gasteiger partial charge in [-0.25, -0.2) is 13.2 Å². The van der Waals surface area contributed by atoms with E-state index in [1.54, 1.807) is 7.05 Å². The summed E-state index contributed by atoms with van der Waals surface area (Å²) in [6, 6.07) is 1.45. The molecule has 0 amide bonds. The van der Waals surface area contributed by atoms with E-state index in [1.165, 1.54) is 28.2 Å². The normalized spacial score (nSPS) is 18.0. The molecule has 0 N–H and O–H groups in total. The monoisotopic (exact) mass is 316 g/mol. The molecule has 1 aliphatic rings. The maximum atomic E-state index is 11.9. The van der Waals surface area contributed by atoms with E-state index < -0.39 is 10.0 Å². The molecule has 1 aliphatic heterocycles. The van der Waals surface area contributed by atoms with Gasteiger partial charge in [0, 0.05) is 58.6 Å². The van der Waals surface area contributed by atoms with E-state index in [0.717, 1.165) is 4.57 Å². The summed E-state index contributed by atoms with van der Waals surface area (Å²) in [4.78, 5) is 25.6. The SMILES string of the molecule is Cn1c(CN2CCN(S(C)(=O)=O)CC2)cc(=O)n(C)c1=O. The quantitative estimate of drug-likeness (QED) is 0.654. The Kier molecular flexibility index (Phi) is 4.35. The highest BCUT2D eigenvalue weighted by atomic mass is 32.2. The van der Waals surface area contributed by atoms with Crippen LogP contribution in [0.1, 0.15) is 5.69 Å². The lowest BCUT2D eigenvalue weighted by Gasteiger charge is -2.33. The molecule has 0 atom stereocenters. The van der Waals surface area contributed by atoms with Crippen molar-refractivity contribution in [3.05, 3.63) is 32.6 Å². The zero-order valence-electron chi connectivity index (χ0n) is 12.4. The number of hydrogen-bond acceptors (Lipinski definition) is 5. The van der Waals surface area contributed by atoms with E-state index in [1.807, 2.05) is 4.90 Å². The van der Waals surface area contributed by atoms with Crippen LogP contribution in [-0.4, -0.2) is 59.2 Å². The Hall–Kier alpha value is -1.45. The van der Waals surface area contributed by atoms with Crippen molar-refractivity contribution in [3.8, 4) is 0 Å². The summed E-state index contributed by atoms with van der Waals surface area (Å²) >= 11 is 0. The fourth-order valence-corrected chi connectivity index (χ4v) is 3.20. The van der Waals surface area contributed by atoms with Crippen LogP contribution in [0.4, 0.5) is 0 Å². The molecule has 118 valence electrons. The molecular weight excluding hydrogens is 296 g/mol. The average molecular weight is 316 g/mol. The van der Waals surface area contributed by atoms with E-state index in [9.17, 15) is 18.0 Å². The Labute approximate surface area is 123 Å². The first-order valence-corrected chi connectivity index (χ1v) is 8.48. The van der Waals surface area contributed by atoms with Crippen molar-refractivity contribution in [2.75, 3.05) is 32.4 Å². The van der Waals surface area contributed by atoms with Crippen LogP contribution in [-0.2, 0) is 30.7 Å². The molecule has 21 heavy (non-hydrogen) atoms.